The van der Waals surface area contributed by atoms with Gasteiger partial charge in [0.15, 0.2) is 0 Å². The van der Waals surface area contributed by atoms with Gasteiger partial charge in [-0.3, -0.25) is 9.69 Å². The van der Waals surface area contributed by atoms with Gasteiger partial charge in [-0.15, -0.1) is 0 Å². The summed E-state index contributed by atoms with van der Waals surface area (Å²) in [6.45, 7) is 2.68. The molecular weight excluding hydrogens is 394 g/mol. The van der Waals surface area contributed by atoms with Gasteiger partial charge < -0.3 is 4.74 Å². The largest absolute Gasteiger partial charge is 0.450 e. The van der Waals surface area contributed by atoms with E-state index in [1.165, 1.54) is 116 Å². The first-order valence-corrected chi connectivity index (χ1v) is 14.1. The van der Waals surface area contributed by atoms with Gasteiger partial charge in [-0.2, -0.15) is 0 Å². The van der Waals surface area contributed by atoms with Gasteiger partial charge >= 0.3 is 5.97 Å². The number of hydrogen-bond acceptors (Lipinski definition) is 3. The molecule has 0 unspecified atom stereocenters. The molecule has 0 aromatic rings. The van der Waals surface area contributed by atoms with Crippen molar-refractivity contribution in [2.45, 2.75) is 148 Å². The van der Waals surface area contributed by atoms with Crippen LogP contribution in [-0.4, -0.2) is 31.7 Å². The van der Waals surface area contributed by atoms with Crippen LogP contribution >= 0.6 is 0 Å². The molecule has 0 rings (SSSR count). The third-order valence-electron chi connectivity index (χ3n) is 6.13. The molecule has 0 spiro atoms. The molecule has 0 bridgehead atoms. The van der Waals surface area contributed by atoms with Crippen molar-refractivity contribution in [1.29, 1.82) is 0 Å². The molecule has 0 saturated carbocycles. The van der Waals surface area contributed by atoms with E-state index in [0.29, 0.717) is 13.2 Å². The topological polar surface area (TPSA) is 29.5 Å². The highest BCUT2D eigenvalue weighted by Gasteiger charge is 2.02. The Morgan fingerprint density at radius 2 is 0.969 bits per heavy atom. The molecule has 0 aliphatic carbocycles. The maximum absolute atomic E-state index is 11.5. The molecule has 0 aliphatic rings. The molecule has 0 aliphatic heterocycles. The van der Waals surface area contributed by atoms with Gasteiger partial charge in [0.1, 0.15) is 6.73 Å². The second-order valence-electron chi connectivity index (χ2n) is 9.89. The van der Waals surface area contributed by atoms with Crippen molar-refractivity contribution >= 4 is 5.97 Å². The highest BCUT2D eigenvalue weighted by Crippen LogP contribution is 2.14. The van der Waals surface area contributed by atoms with E-state index in [1.54, 1.807) is 0 Å². The molecule has 0 aromatic carbocycles. The van der Waals surface area contributed by atoms with Crippen LogP contribution in [0.5, 0.6) is 0 Å². The summed E-state index contributed by atoms with van der Waals surface area (Å²) < 4.78 is 5.13. The van der Waals surface area contributed by atoms with Gasteiger partial charge in [0.25, 0.3) is 0 Å². The lowest BCUT2D eigenvalue weighted by Gasteiger charge is -2.09. The SMILES string of the molecule is CCCCCCCCCCCCCCCCCCC=CCCCCCC(=O)OCN(C)C. The number of carbonyl (C=O) groups is 1. The number of nitrogens with zero attached hydrogens (tertiary/aromatic N) is 1. The van der Waals surface area contributed by atoms with Crippen LogP contribution in [0.4, 0.5) is 0 Å². The zero-order valence-corrected chi connectivity index (χ0v) is 22.2. The van der Waals surface area contributed by atoms with Crippen molar-refractivity contribution < 1.29 is 9.53 Å². The maximum atomic E-state index is 11.5. The van der Waals surface area contributed by atoms with Crippen molar-refractivity contribution in [3.05, 3.63) is 12.2 Å². The highest BCUT2D eigenvalue weighted by atomic mass is 16.5. The van der Waals surface area contributed by atoms with Gasteiger partial charge in [-0.05, 0) is 46.2 Å². The monoisotopic (exact) mass is 451 g/mol. The Morgan fingerprint density at radius 3 is 1.38 bits per heavy atom. The van der Waals surface area contributed by atoms with Crippen molar-refractivity contribution in [3.63, 3.8) is 0 Å². The molecule has 0 fully saturated rings. The predicted molar refractivity (Wildman–Crippen MR) is 141 cm³/mol. The summed E-state index contributed by atoms with van der Waals surface area (Å²) in [5.74, 6) is -0.0715. The van der Waals surface area contributed by atoms with Crippen molar-refractivity contribution in [2.24, 2.45) is 0 Å². The van der Waals surface area contributed by atoms with Gasteiger partial charge in [0.05, 0.1) is 0 Å². The molecule has 0 heterocycles. The average molecular weight is 452 g/mol. The summed E-state index contributed by atoms with van der Waals surface area (Å²) in [6.07, 6.45) is 33.8. The normalized spacial score (nSPS) is 11.6. The summed E-state index contributed by atoms with van der Waals surface area (Å²) in [4.78, 5) is 13.4. The number of carbonyl (C=O) groups excluding carboxylic acids is 1. The molecule has 0 amide bonds. The third kappa shape index (κ3) is 27.2. The van der Waals surface area contributed by atoms with Crippen LogP contribution in [0.3, 0.4) is 0 Å². The third-order valence-corrected chi connectivity index (χ3v) is 6.13. The van der Waals surface area contributed by atoms with Crippen LogP contribution in [0.1, 0.15) is 148 Å². The van der Waals surface area contributed by atoms with Crippen LogP contribution in [0, 0.1) is 0 Å². The zero-order chi connectivity index (χ0) is 23.5. The van der Waals surface area contributed by atoms with Gasteiger partial charge in [-0.1, -0.05) is 122 Å². The Kier molecular flexibility index (Phi) is 25.7. The molecular formula is C29H57NO2. The van der Waals surface area contributed by atoms with Crippen molar-refractivity contribution in [3.8, 4) is 0 Å². The first-order chi connectivity index (χ1) is 15.7. The standard InChI is InChI=1S/C29H57NO2/c1-4-5-6-7-8-9-10-11-12-13-14-15-16-17-18-19-20-21-22-23-24-25-26-27-29(31)32-28-30(2)3/h21-22H,4-20,23-28H2,1-3H3. The van der Waals surface area contributed by atoms with Gasteiger partial charge in [0, 0.05) is 6.42 Å². The van der Waals surface area contributed by atoms with Gasteiger partial charge in [0.2, 0.25) is 0 Å². The van der Waals surface area contributed by atoms with Crippen molar-refractivity contribution in [1.82, 2.24) is 4.90 Å². The molecule has 0 N–H and O–H groups in total. The fraction of sp³-hybridized carbons (Fsp3) is 0.897. The van der Waals surface area contributed by atoms with E-state index in [4.69, 9.17) is 4.74 Å². The summed E-state index contributed by atoms with van der Waals surface area (Å²) in [5.41, 5.74) is 0. The number of unbranched alkanes of at least 4 members (excludes halogenated alkanes) is 19. The summed E-state index contributed by atoms with van der Waals surface area (Å²) in [5, 5.41) is 0. The molecule has 0 atom stereocenters. The quantitative estimate of drug-likeness (QED) is 0.0599. The number of ether oxygens (including phenoxy) is 1. The van der Waals surface area contributed by atoms with E-state index in [1.807, 2.05) is 19.0 Å². The van der Waals surface area contributed by atoms with E-state index < -0.39 is 0 Å². The molecule has 0 radical (unpaired) electrons. The molecule has 3 heteroatoms. The molecule has 0 saturated heterocycles. The van der Waals surface area contributed by atoms with Crippen molar-refractivity contribution in [2.75, 3.05) is 20.8 Å². The zero-order valence-electron chi connectivity index (χ0n) is 22.2. The second-order valence-corrected chi connectivity index (χ2v) is 9.89. The van der Waals surface area contributed by atoms with E-state index in [-0.39, 0.29) is 5.97 Å². The average Bonchev–Trinajstić information content (AvgIpc) is 2.78. The Labute approximate surface area is 201 Å². The summed E-state index contributed by atoms with van der Waals surface area (Å²) in [6, 6.07) is 0. The molecule has 190 valence electrons. The van der Waals surface area contributed by atoms with E-state index in [9.17, 15) is 4.79 Å². The second kappa shape index (κ2) is 26.4. The predicted octanol–water partition coefficient (Wildman–Crippen LogP) is 9.21. The highest BCUT2D eigenvalue weighted by molar-refractivity contribution is 5.69. The lowest BCUT2D eigenvalue weighted by molar-refractivity contribution is -0.147. The summed E-state index contributed by atoms with van der Waals surface area (Å²) in [7, 11) is 3.80. The minimum atomic E-state index is -0.0715. The Morgan fingerprint density at radius 1 is 0.594 bits per heavy atom. The fourth-order valence-electron chi connectivity index (χ4n) is 4.03. The lowest BCUT2D eigenvalue weighted by Crippen LogP contribution is -2.19. The molecule has 0 aromatic heterocycles. The number of rotatable bonds is 25. The van der Waals surface area contributed by atoms with E-state index >= 15 is 0 Å². The number of esters is 1. The number of hydrogen-bond donors (Lipinski definition) is 0. The smallest absolute Gasteiger partial charge is 0.307 e. The lowest BCUT2D eigenvalue weighted by atomic mass is 10.0. The summed E-state index contributed by atoms with van der Waals surface area (Å²) >= 11 is 0. The van der Waals surface area contributed by atoms with Gasteiger partial charge in [-0.25, -0.2) is 0 Å². The fourth-order valence-corrected chi connectivity index (χ4v) is 4.03. The maximum Gasteiger partial charge on any atom is 0.307 e. The Balaban J connectivity index is 3.15. The first-order valence-electron chi connectivity index (χ1n) is 14.1. The first kappa shape index (κ1) is 31.2. The van der Waals surface area contributed by atoms with Crippen LogP contribution in [0.2, 0.25) is 0 Å². The van der Waals surface area contributed by atoms with Crippen LogP contribution in [0.25, 0.3) is 0 Å². The number of allylic oxidation sites excluding steroid dienone is 2. The molecule has 32 heavy (non-hydrogen) atoms. The minimum Gasteiger partial charge on any atom is -0.450 e. The Bertz CT molecular complexity index is 406. The van der Waals surface area contributed by atoms with E-state index in [0.717, 1.165) is 19.3 Å². The van der Waals surface area contributed by atoms with Crippen LogP contribution in [0.15, 0.2) is 12.2 Å². The van der Waals surface area contributed by atoms with E-state index in [2.05, 4.69) is 19.1 Å². The Hall–Kier alpha value is -0.830. The minimum absolute atomic E-state index is 0.0715. The van der Waals surface area contributed by atoms with Crippen LogP contribution in [-0.2, 0) is 9.53 Å². The molecule has 3 nitrogen and oxygen atoms in total. The van der Waals surface area contributed by atoms with Crippen LogP contribution < -0.4 is 0 Å².